The Balaban J connectivity index is 2.22. The fourth-order valence-electron chi connectivity index (χ4n) is 2.10. The van der Waals surface area contributed by atoms with E-state index in [9.17, 15) is 8.42 Å². The number of allylic oxidation sites excluding steroid dienone is 2. The van der Waals surface area contributed by atoms with Crippen LogP contribution in [-0.2, 0) is 14.8 Å². The van der Waals surface area contributed by atoms with Crippen LogP contribution in [-0.4, -0.2) is 15.0 Å². The predicted octanol–water partition coefficient (Wildman–Crippen LogP) is 2.71. The maximum Gasteiger partial charge on any atom is 0.261 e. The van der Waals surface area contributed by atoms with Crippen molar-refractivity contribution in [1.82, 2.24) is 4.72 Å². The second-order valence-corrected chi connectivity index (χ2v) is 6.29. The standard InChI is InChI=1S/C14H19NO3S/c1-3-18-14-6-4-5-13(14)15-19(16,17)12-9-7-11(2)8-10-12/h7-10,15H,3-6H2,1-2H3. The molecule has 1 aromatic rings. The van der Waals surface area contributed by atoms with Crippen molar-refractivity contribution in [2.24, 2.45) is 0 Å². The molecule has 0 saturated carbocycles. The van der Waals surface area contributed by atoms with Gasteiger partial charge in [-0.05, 0) is 38.8 Å². The van der Waals surface area contributed by atoms with E-state index in [1.807, 2.05) is 13.8 Å². The van der Waals surface area contributed by atoms with Gasteiger partial charge in [-0.15, -0.1) is 0 Å². The molecule has 4 nitrogen and oxygen atoms in total. The van der Waals surface area contributed by atoms with E-state index in [-0.39, 0.29) is 4.90 Å². The third-order valence-electron chi connectivity index (χ3n) is 3.07. The number of hydrogen-bond donors (Lipinski definition) is 1. The topological polar surface area (TPSA) is 55.4 Å². The third-order valence-corrected chi connectivity index (χ3v) is 4.48. The van der Waals surface area contributed by atoms with Gasteiger partial charge in [0, 0.05) is 6.42 Å². The number of ether oxygens (including phenoxy) is 1. The Hall–Kier alpha value is -1.49. The van der Waals surface area contributed by atoms with Crippen molar-refractivity contribution >= 4 is 10.0 Å². The summed E-state index contributed by atoms with van der Waals surface area (Å²) in [7, 11) is -3.50. The minimum absolute atomic E-state index is 0.286. The Morgan fingerprint density at radius 2 is 1.89 bits per heavy atom. The zero-order valence-corrected chi connectivity index (χ0v) is 12.1. The van der Waals surface area contributed by atoms with E-state index in [2.05, 4.69) is 4.72 Å². The van der Waals surface area contributed by atoms with Crippen molar-refractivity contribution in [1.29, 1.82) is 0 Å². The molecule has 19 heavy (non-hydrogen) atoms. The zero-order valence-electron chi connectivity index (χ0n) is 11.3. The van der Waals surface area contributed by atoms with Crippen LogP contribution in [0, 0.1) is 6.92 Å². The zero-order chi connectivity index (χ0) is 13.9. The minimum atomic E-state index is -3.50. The van der Waals surface area contributed by atoms with Gasteiger partial charge in [0.15, 0.2) is 0 Å². The fourth-order valence-corrected chi connectivity index (χ4v) is 3.25. The predicted molar refractivity (Wildman–Crippen MR) is 74.0 cm³/mol. The third kappa shape index (κ3) is 3.29. The number of benzene rings is 1. The van der Waals surface area contributed by atoms with Gasteiger partial charge in [-0.25, -0.2) is 8.42 Å². The molecular formula is C14H19NO3S. The molecule has 0 aliphatic heterocycles. The average molecular weight is 281 g/mol. The number of aryl methyl sites for hydroxylation is 1. The number of nitrogens with one attached hydrogen (secondary N) is 1. The first-order chi connectivity index (χ1) is 9.03. The first-order valence-electron chi connectivity index (χ1n) is 6.47. The second kappa shape index (κ2) is 5.65. The van der Waals surface area contributed by atoms with Gasteiger partial charge in [-0.2, -0.15) is 0 Å². The summed E-state index contributed by atoms with van der Waals surface area (Å²) in [5, 5.41) is 0. The Kier molecular flexibility index (Phi) is 4.14. The summed E-state index contributed by atoms with van der Waals surface area (Å²) in [5.41, 5.74) is 1.73. The Labute approximate surface area is 114 Å². The molecule has 0 fully saturated rings. The van der Waals surface area contributed by atoms with Crippen molar-refractivity contribution in [2.75, 3.05) is 6.61 Å². The van der Waals surface area contributed by atoms with Gasteiger partial charge in [-0.1, -0.05) is 17.7 Å². The highest BCUT2D eigenvalue weighted by molar-refractivity contribution is 7.89. The number of sulfonamides is 1. The number of hydrogen-bond acceptors (Lipinski definition) is 3. The first kappa shape index (κ1) is 13.9. The van der Waals surface area contributed by atoms with Crippen molar-refractivity contribution < 1.29 is 13.2 Å². The van der Waals surface area contributed by atoms with Crippen LogP contribution in [0.4, 0.5) is 0 Å². The summed E-state index contributed by atoms with van der Waals surface area (Å²) in [4.78, 5) is 0.286. The maximum atomic E-state index is 12.2. The van der Waals surface area contributed by atoms with Crippen LogP contribution in [0.15, 0.2) is 40.6 Å². The summed E-state index contributed by atoms with van der Waals surface area (Å²) in [6.45, 7) is 4.39. The minimum Gasteiger partial charge on any atom is -0.496 e. The van der Waals surface area contributed by atoms with Crippen molar-refractivity contribution in [3.8, 4) is 0 Å². The van der Waals surface area contributed by atoms with E-state index in [4.69, 9.17) is 4.74 Å². The molecule has 0 heterocycles. The van der Waals surface area contributed by atoms with Gasteiger partial charge in [0.1, 0.15) is 5.76 Å². The summed E-state index contributed by atoms with van der Waals surface area (Å²) in [6.07, 6.45) is 2.46. The molecule has 1 aromatic carbocycles. The Morgan fingerprint density at radius 1 is 1.21 bits per heavy atom. The van der Waals surface area contributed by atoms with Crippen molar-refractivity contribution in [3.05, 3.63) is 41.3 Å². The van der Waals surface area contributed by atoms with E-state index in [0.717, 1.165) is 30.6 Å². The van der Waals surface area contributed by atoms with Crippen LogP contribution in [0.5, 0.6) is 0 Å². The second-order valence-electron chi connectivity index (χ2n) is 4.61. The smallest absolute Gasteiger partial charge is 0.261 e. The van der Waals surface area contributed by atoms with E-state index in [0.29, 0.717) is 12.3 Å². The molecule has 5 heteroatoms. The normalized spacial score (nSPS) is 15.7. The van der Waals surface area contributed by atoms with Gasteiger partial charge in [0.25, 0.3) is 10.0 Å². The van der Waals surface area contributed by atoms with E-state index < -0.39 is 10.0 Å². The lowest BCUT2D eigenvalue weighted by atomic mass is 10.2. The fraction of sp³-hybridized carbons (Fsp3) is 0.429. The van der Waals surface area contributed by atoms with Crippen LogP contribution in [0.1, 0.15) is 31.7 Å². The van der Waals surface area contributed by atoms with Crippen LogP contribution in [0.2, 0.25) is 0 Å². The van der Waals surface area contributed by atoms with Crippen molar-refractivity contribution in [3.63, 3.8) is 0 Å². The molecule has 0 spiro atoms. The highest BCUT2D eigenvalue weighted by Crippen LogP contribution is 2.26. The summed E-state index contributed by atoms with van der Waals surface area (Å²) >= 11 is 0. The van der Waals surface area contributed by atoms with Gasteiger partial charge >= 0.3 is 0 Å². The highest BCUT2D eigenvalue weighted by atomic mass is 32.2. The van der Waals surface area contributed by atoms with E-state index in [1.54, 1.807) is 24.3 Å². The Morgan fingerprint density at radius 3 is 2.53 bits per heavy atom. The molecule has 0 radical (unpaired) electrons. The van der Waals surface area contributed by atoms with Gasteiger partial charge in [0.05, 0.1) is 17.2 Å². The lowest BCUT2D eigenvalue weighted by Gasteiger charge is -2.11. The lowest BCUT2D eigenvalue weighted by molar-refractivity contribution is 0.219. The molecule has 0 bridgehead atoms. The number of rotatable bonds is 5. The first-order valence-corrected chi connectivity index (χ1v) is 7.95. The SMILES string of the molecule is CCOC1=C(NS(=O)(=O)c2ccc(C)cc2)CCC1. The molecule has 2 rings (SSSR count). The van der Waals surface area contributed by atoms with E-state index in [1.165, 1.54) is 0 Å². The molecule has 0 amide bonds. The van der Waals surface area contributed by atoms with Crippen LogP contribution >= 0.6 is 0 Å². The monoisotopic (exact) mass is 281 g/mol. The van der Waals surface area contributed by atoms with Gasteiger partial charge < -0.3 is 4.74 Å². The molecule has 0 atom stereocenters. The molecule has 1 N–H and O–H groups in total. The lowest BCUT2D eigenvalue weighted by Crippen LogP contribution is -2.23. The quantitative estimate of drug-likeness (QED) is 0.903. The van der Waals surface area contributed by atoms with Crippen molar-refractivity contribution in [2.45, 2.75) is 38.0 Å². The average Bonchev–Trinajstić information content (AvgIpc) is 2.77. The van der Waals surface area contributed by atoms with E-state index >= 15 is 0 Å². The molecule has 0 aromatic heterocycles. The summed E-state index contributed by atoms with van der Waals surface area (Å²) < 4.78 is 32.6. The molecule has 0 unspecified atom stereocenters. The Bertz CT molecular complexity index is 573. The van der Waals surface area contributed by atoms with Crippen LogP contribution < -0.4 is 4.72 Å². The highest BCUT2D eigenvalue weighted by Gasteiger charge is 2.22. The summed E-state index contributed by atoms with van der Waals surface area (Å²) in [5.74, 6) is 0.776. The maximum absolute atomic E-state index is 12.2. The van der Waals surface area contributed by atoms with Gasteiger partial charge in [-0.3, -0.25) is 4.72 Å². The largest absolute Gasteiger partial charge is 0.496 e. The molecular weight excluding hydrogens is 262 g/mol. The molecule has 104 valence electrons. The molecule has 1 aliphatic carbocycles. The van der Waals surface area contributed by atoms with Gasteiger partial charge in [0.2, 0.25) is 0 Å². The molecule has 0 saturated heterocycles. The van der Waals surface area contributed by atoms with Crippen LogP contribution in [0.3, 0.4) is 0 Å². The molecule has 1 aliphatic rings. The summed E-state index contributed by atoms with van der Waals surface area (Å²) in [6, 6.07) is 6.82. The van der Waals surface area contributed by atoms with Crippen LogP contribution in [0.25, 0.3) is 0 Å².